The molecule has 0 saturated carbocycles. The number of benzene rings is 1. The van der Waals surface area contributed by atoms with Crippen molar-refractivity contribution in [3.63, 3.8) is 0 Å². The molecule has 1 aliphatic rings. The van der Waals surface area contributed by atoms with Gasteiger partial charge in [0.25, 0.3) is 0 Å². The molecule has 0 spiro atoms. The van der Waals surface area contributed by atoms with E-state index in [1.54, 1.807) is 18.2 Å². The smallest absolute Gasteiger partial charge is 0.138 e. The number of epoxide rings is 1. The molecule has 1 aromatic carbocycles. The van der Waals surface area contributed by atoms with Gasteiger partial charge in [-0.05, 0) is 57.9 Å². The molecule has 1 aromatic rings. The third kappa shape index (κ3) is 4.41. The second-order valence-electron chi connectivity index (χ2n) is 5.68. The Bertz CT molecular complexity index is 509. The van der Waals surface area contributed by atoms with Gasteiger partial charge >= 0.3 is 0 Å². The summed E-state index contributed by atoms with van der Waals surface area (Å²) < 4.78 is 11.2. The summed E-state index contributed by atoms with van der Waals surface area (Å²) in [6, 6.07) is 5.24. The van der Waals surface area contributed by atoms with Crippen LogP contribution in [0.2, 0.25) is 10.0 Å². The molecule has 1 aliphatic heterocycles. The summed E-state index contributed by atoms with van der Waals surface area (Å²) in [5.74, 6) is 0.659. The van der Waals surface area contributed by atoms with Crippen LogP contribution in [0, 0.1) is 0 Å². The van der Waals surface area contributed by atoms with Gasteiger partial charge in [0.2, 0.25) is 0 Å². The van der Waals surface area contributed by atoms with Gasteiger partial charge in [-0.1, -0.05) is 28.8 Å². The van der Waals surface area contributed by atoms with E-state index in [1.165, 1.54) is 5.57 Å². The number of hydrogen-bond donors (Lipinski definition) is 0. The lowest BCUT2D eigenvalue weighted by Gasteiger charge is -2.07. The standard InChI is InChI=1S/C16H20Cl2O2/c1-11(4-7-15-16(2,3)20-15)8-9-19-14-6-5-12(17)10-13(14)18/h5-6,8,10,15H,4,7,9H2,1-3H3. The van der Waals surface area contributed by atoms with Crippen molar-refractivity contribution >= 4 is 23.2 Å². The first-order valence-electron chi connectivity index (χ1n) is 6.80. The highest BCUT2D eigenvalue weighted by Crippen LogP contribution is 2.38. The molecule has 0 amide bonds. The van der Waals surface area contributed by atoms with E-state index in [4.69, 9.17) is 32.7 Å². The lowest BCUT2D eigenvalue weighted by atomic mass is 10.0. The first-order chi connectivity index (χ1) is 9.38. The maximum Gasteiger partial charge on any atom is 0.138 e. The first-order valence-corrected chi connectivity index (χ1v) is 7.55. The highest BCUT2D eigenvalue weighted by molar-refractivity contribution is 6.35. The second kappa shape index (κ2) is 6.38. The van der Waals surface area contributed by atoms with E-state index in [0.717, 1.165) is 12.8 Å². The molecule has 1 heterocycles. The Kier molecular flexibility index (Phi) is 5.00. The monoisotopic (exact) mass is 314 g/mol. The van der Waals surface area contributed by atoms with E-state index in [9.17, 15) is 0 Å². The average molecular weight is 315 g/mol. The van der Waals surface area contributed by atoms with Crippen molar-refractivity contribution in [1.82, 2.24) is 0 Å². The van der Waals surface area contributed by atoms with Crippen LogP contribution in [0.1, 0.15) is 33.6 Å². The Balaban J connectivity index is 1.75. The third-order valence-electron chi connectivity index (χ3n) is 3.53. The topological polar surface area (TPSA) is 21.8 Å². The Morgan fingerprint density at radius 3 is 2.70 bits per heavy atom. The highest BCUT2D eigenvalue weighted by Gasteiger charge is 2.46. The summed E-state index contributed by atoms with van der Waals surface area (Å²) in [5.41, 5.74) is 1.38. The third-order valence-corrected chi connectivity index (χ3v) is 4.06. The lowest BCUT2D eigenvalue weighted by molar-refractivity contribution is 0.320. The van der Waals surface area contributed by atoms with Crippen LogP contribution < -0.4 is 4.74 Å². The van der Waals surface area contributed by atoms with Crippen molar-refractivity contribution in [2.75, 3.05) is 6.61 Å². The second-order valence-corrected chi connectivity index (χ2v) is 6.53. The molecule has 0 N–H and O–H groups in total. The van der Waals surface area contributed by atoms with Crippen molar-refractivity contribution in [1.29, 1.82) is 0 Å². The molecule has 2 rings (SSSR count). The van der Waals surface area contributed by atoms with Crippen molar-refractivity contribution in [2.45, 2.75) is 45.3 Å². The van der Waals surface area contributed by atoms with Crippen LogP contribution >= 0.6 is 23.2 Å². The van der Waals surface area contributed by atoms with E-state index in [2.05, 4.69) is 26.8 Å². The molecule has 1 atom stereocenters. The predicted molar refractivity (Wildman–Crippen MR) is 83.9 cm³/mol. The number of halogens is 2. The Labute approximate surface area is 130 Å². The van der Waals surface area contributed by atoms with E-state index in [-0.39, 0.29) is 5.60 Å². The molecule has 110 valence electrons. The Morgan fingerprint density at radius 2 is 2.10 bits per heavy atom. The van der Waals surface area contributed by atoms with Gasteiger partial charge in [-0.15, -0.1) is 0 Å². The van der Waals surface area contributed by atoms with Gasteiger partial charge < -0.3 is 9.47 Å². The van der Waals surface area contributed by atoms with Gasteiger partial charge in [0.15, 0.2) is 0 Å². The maximum atomic E-state index is 6.04. The normalized spacial score (nSPS) is 20.9. The minimum absolute atomic E-state index is 0.0770. The molecule has 4 heteroatoms. The fourth-order valence-electron chi connectivity index (χ4n) is 2.07. The van der Waals surface area contributed by atoms with Crippen LogP contribution in [0.3, 0.4) is 0 Å². The van der Waals surface area contributed by atoms with Gasteiger partial charge in [0, 0.05) is 5.02 Å². The van der Waals surface area contributed by atoms with Crippen LogP contribution in [-0.4, -0.2) is 18.3 Å². The van der Waals surface area contributed by atoms with Crippen LogP contribution in [0.4, 0.5) is 0 Å². The Morgan fingerprint density at radius 1 is 1.40 bits per heavy atom. The average Bonchev–Trinajstić information content (AvgIpc) is 2.97. The molecule has 20 heavy (non-hydrogen) atoms. The van der Waals surface area contributed by atoms with E-state index in [1.807, 2.05) is 0 Å². The van der Waals surface area contributed by atoms with Gasteiger partial charge in [0.05, 0.1) is 16.7 Å². The molecule has 1 fully saturated rings. The summed E-state index contributed by atoms with van der Waals surface area (Å²) in [6.07, 6.45) is 4.58. The summed E-state index contributed by atoms with van der Waals surface area (Å²) >= 11 is 11.9. The van der Waals surface area contributed by atoms with Crippen molar-refractivity contribution in [3.05, 3.63) is 39.9 Å². The fraction of sp³-hybridized carbons (Fsp3) is 0.500. The zero-order valence-electron chi connectivity index (χ0n) is 12.1. The van der Waals surface area contributed by atoms with Crippen LogP contribution in [0.5, 0.6) is 5.75 Å². The van der Waals surface area contributed by atoms with Gasteiger partial charge in [-0.25, -0.2) is 0 Å². The minimum atomic E-state index is 0.0770. The number of allylic oxidation sites excluding steroid dienone is 1. The molecule has 2 nitrogen and oxygen atoms in total. The quantitative estimate of drug-likeness (QED) is 0.526. The summed E-state index contributed by atoms with van der Waals surface area (Å²) in [7, 11) is 0. The zero-order valence-corrected chi connectivity index (χ0v) is 13.6. The summed E-state index contributed by atoms with van der Waals surface area (Å²) in [6.45, 7) is 6.88. The number of ether oxygens (including phenoxy) is 2. The summed E-state index contributed by atoms with van der Waals surface area (Å²) in [5, 5.41) is 1.15. The molecule has 0 aliphatic carbocycles. The molecule has 0 bridgehead atoms. The first kappa shape index (κ1) is 15.7. The van der Waals surface area contributed by atoms with Crippen molar-refractivity contribution < 1.29 is 9.47 Å². The molecule has 0 aromatic heterocycles. The van der Waals surface area contributed by atoms with Crippen molar-refractivity contribution in [3.8, 4) is 5.75 Å². The SMILES string of the molecule is CC(=CCOc1ccc(Cl)cc1Cl)CCC1OC1(C)C. The molecule has 1 unspecified atom stereocenters. The molecular formula is C16H20Cl2O2. The lowest BCUT2D eigenvalue weighted by Crippen LogP contribution is -2.03. The number of rotatable bonds is 6. The van der Waals surface area contributed by atoms with E-state index in [0.29, 0.717) is 28.5 Å². The predicted octanol–water partition coefficient (Wildman–Crippen LogP) is 5.28. The Hall–Kier alpha value is -0.700. The van der Waals surface area contributed by atoms with Gasteiger partial charge in [-0.3, -0.25) is 0 Å². The van der Waals surface area contributed by atoms with Crippen LogP contribution in [0.15, 0.2) is 29.8 Å². The van der Waals surface area contributed by atoms with Gasteiger partial charge in [0.1, 0.15) is 12.4 Å². The van der Waals surface area contributed by atoms with Crippen LogP contribution in [-0.2, 0) is 4.74 Å². The molecule has 1 saturated heterocycles. The van der Waals surface area contributed by atoms with Crippen LogP contribution in [0.25, 0.3) is 0 Å². The molecule has 0 radical (unpaired) electrons. The minimum Gasteiger partial charge on any atom is -0.488 e. The maximum absolute atomic E-state index is 6.04. The number of hydrogen-bond acceptors (Lipinski definition) is 2. The van der Waals surface area contributed by atoms with Crippen molar-refractivity contribution in [2.24, 2.45) is 0 Å². The highest BCUT2D eigenvalue weighted by atomic mass is 35.5. The zero-order chi connectivity index (χ0) is 14.8. The van der Waals surface area contributed by atoms with Gasteiger partial charge in [-0.2, -0.15) is 0 Å². The fourth-order valence-corrected chi connectivity index (χ4v) is 2.53. The van der Waals surface area contributed by atoms with E-state index >= 15 is 0 Å². The largest absolute Gasteiger partial charge is 0.488 e. The summed E-state index contributed by atoms with van der Waals surface area (Å²) in [4.78, 5) is 0. The van der Waals surface area contributed by atoms with E-state index < -0.39 is 0 Å². The molecular weight excluding hydrogens is 295 g/mol.